The number of rotatable bonds is 15. The first-order valence-corrected chi connectivity index (χ1v) is 17.1. The monoisotopic (exact) mass is 614 g/mol. The van der Waals surface area contributed by atoms with Crippen LogP contribution in [0.2, 0.25) is 5.04 Å². The standard InChI is InChI=1S/C37H43FO5Si/c1-29(31-20-21-34(35(38)28-31)30-14-8-5-9-15-30)36(39)42-26-24-40-22-23-41-25-27-43-44(37(2,3)4,32-16-10-6-11-17-32)33-18-12-7-13-19-33/h5-21,28-29H,22-27H2,1-4H3. The topological polar surface area (TPSA) is 54.0 Å². The van der Waals surface area contributed by atoms with Crippen LogP contribution in [0.5, 0.6) is 0 Å². The van der Waals surface area contributed by atoms with Crippen LogP contribution >= 0.6 is 0 Å². The van der Waals surface area contributed by atoms with Crippen molar-refractivity contribution in [2.45, 2.75) is 38.7 Å². The molecule has 0 aliphatic carbocycles. The van der Waals surface area contributed by atoms with Crippen molar-refractivity contribution in [2.75, 3.05) is 39.6 Å². The highest BCUT2D eigenvalue weighted by molar-refractivity contribution is 6.99. The number of benzene rings is 4. The highest BCUT2D eigenvalue weighted by Gasteiger charge is 2.50. The molecule has 4 rings (SSSR count). The summed E-state index contributed by atoms with van der Waals surface area (Å²) in [6.45, 7) is 10.5. The second-order valence-corrected chi connectivity index (χ2v) is 16.0. The molecule has 5 nitrogen and oxygen atoms in total. The predicted molar refractivity (Wildman–Crippen MR) is 176 cm³/mol. The molecule has 0 N–H and O–H groups in total. The van der Waals surface area contributed by atoms with Crippen molar-refractivity contribution in [3.8, 4) is 11.1 Å². The lowest BCUT2D eigenvalue weighted by Crippen LogP contribution is -2.66. The molecule has 0 spiro atoms. The van der Waals surface area contributed by atoms with Crippen molar-refractivity contribution in [1.29, 1.82) is 0 Å². The fourth-order valence-electron chi connectivity index (χ4n) is 5.45. The zero-order chi connectivity index (χ0) is 31.4. The summed E-state index contributed by atoms with van der Waals surface area (Å²) in [6, 6.07) is 35.2. The summed E-state index contributed by atoms with van der Waals surface area (Å²) in [4.78, 5) is 12.5. The van der Waals surface area contributed by atoms with Gasteiger partial charge in [-0.2, -0.15) is 0 Å². The van der Waals surface area contributed by atoms with Gasteiger partial charge >= 0.3 is 5.97 Å². The number of esters is 1. The van der Waals surface area contributed by atoms with Gasteiger partial charge in [0.2, 0.25) is 0 Å². The smallest absolute Gasteiger partial charge is 0.313 e. The van der Waals surface area contributed by atoms with Crippen molar-refractivity contribution < 1.29 is 27.8 Å². The van der Waals surface area contributed by atoms with E-state index in [0.29, 0.717) is 37.6 Å². The number of carbonyl (C=O) groups is 1. The SMILES string of the molecule is CC(C(=O)OCCOCCOCCO[Si](c1ccccc1)(c1ccccc1)C(C)(C)C)c1ccc(-c2ccccc2)c(F)c1. The fraction of sp³-hybridized carbons (Fsp3) is 0.324. The normalized spacial score (nSPS) is 12.6. The average molecular weight is 615 g/mol. The summed E-state index contributed by atoms with van der Waals surface area (Å²) in [6.07, 6.45) is 0. The van der Waals surface area contributed by atoms with E-state index in [-0.39, 0.29) is 24.1 Å². The quantitative estimate of drug-likeness (QED) is 0.0843. The van der Waals surface area contributed by atoms with E-state index in [4.69, 9.17) is 18.6 Å². The number of hydrogen-bond acceptors (Lipinski definition) is 5. The molecule has 0 radical (unpaired) electrons. The number of carbonyl (C=O) groups excluding carboxylic acids is 1. The Kier molecular flexibility index (Phi) is 12.0. The molecule has 0 aromatic heterocycles. The van der Waals surface area contributed by atoms with E-state index in [1.807, 2.05) is 42.5 Å². The van der Waals surface area contributed by atoms with Crippen molar-refractivity contribution in [3.63, 3.8) is 0 Å². The Hall–Kier alpha value is -3.62. The Morgan fingerprint density at radius 3 is 1.73 bits per heavy atom. The second kappa shape index (κ2) is 15.9. The Balaban J connectivity index is 1.17. The number of hydrogen-bond donors (Lipinski definition) is 0. The third-order valence-electron chi connectivity index (χ3n) is 7.74. The van der Waals surface area contributed by atoms with Gasteiger partial charge in [0, 0.05) is 5.56 Å². The van der Waals surface area contributed by atoms with Crippen LogP contribution in [0.25, 0.3) is 11.1 Å². The highest BCUT2D eigenvalue weighted by atomic mass is 28.4. The van der Waals surface area contributed by atoms with Crippen LogP contribution in [0.1, 0.15) is 39.2 Å². The molecular formula is C37H43FO5Si. The molecule has 0 saturated heterocycles. The van der Waals surface area contributed by atoms with Crippen molar-refractivity contribution >= 4 is 24.7 Å². The Bertz CT molecular complexity index is 1400. The van der Waals surface area contributed by atoms with Crippen molar-refractivity contribution in [1.82, 2.24) is 0 Å². The molecular weight excluding hydrogens is 571 g/mol. The third-order valence-corrected chi connectivity index (χ3v) is 12.8. The first-order chi connectivity index (χ1) is 21.2. The van der Waals surface area contributed by atoms with Crippen molar-refractivity contribution in [3.05, 3.63) is 121 Å². The Labute approximate surface area is 262 Å². The summed E-state index contributed by atoms with van der Waals surface area (Å²) in [5, 5.41) is 2.38. The first-order valence-electron chi connectivity index (χ1n) is 15.2. The predicted octanol–water partition coefficient (Wildman–Crippen LogP) is 6.75. The fourth-order valence-corrected chi connectivity index (χ4v) is 10.00. The van der Waals surface area contributed by atoms with E-state index in [0.717, 1.165) is 5.56 Å². The van der Waals surface area contributed by atoms with E-state index < -0.39 is 20.2 Å². The highest BCUT2D eigenvalue weighted by Crippen LogP contribution is 2.36. The minimum atomic E-state index is -2.58. The summed E-state index contributed by atoms with van der Waals surface area (Å²) in [5.74, 6) is -1.38. The van der Waals surface area contributed by atoms with E-state index >= 15 is 0 Å². The summed E-state index contributed by atoms with van der Waals surface area (Å²) in [5.41, 5.74) is 1.86. The molecule has 0 amide bonds. The molecule has 44 heavy (non-hydrogen) atoms. The molecule has 0 aliphatic heterocycles. The maximum absolute atomic E-state index is 14.7. The van der Waals surface area contributed by atoms with Gasteiger partial charge in [0.15, 0.2) is 0 Å². The minimum absolute atomic E-state index is 0.0898. The van der Waals surface area contributed by atoms with Gasteiger partial charge in [-0.25, -0.2) is 4.39 Å². The molecule has 0 aliphatic rings. The van der Waals surface area contributed by atoms with Gasteiger partial charge in [0.1, 0.15) is 12.4 Å². The zero-order valence-electron chi connectivity index (χ0n) is 26.1. The van der Waals surface area contributed by atoms with Gasteiger partial charge in [-0.1, -0.05) is 124 Å². The average Bonchev–Trinajstić information content (AvgIpc) is 3.04. The molecule has 7 heteroatoms. The third kappa shape index (κ3) is 8.30. The van der Waals surface area contributed by atoms with Crippen LogP contribution in [-0.2, 0) is 23.4 Å². The van der Waals surface area contributed by atoms with Crippen LogP contribution in [0, 0.1) is 5.82 Å². The lowest BCUT2D eigenvalue weighted by molar-refractivity contribution is -0.146. The Morgan fingerprint density at radius 1 is 0.705 bits per heavy atom. The molecule has 1 atom stereocenters. The summed E-state index contributed by atoms with van der Waals surface area (Å²) < 4.78 is 38.4. The largest absolute Gasteiger partial charge is 0.463 e. The summed E-state index contributed by atoms with van der Waals surface area (Å²) in [7, 11) is -2.58. The minimum Gasteiger partial charge on any atom is -0.463 e. The maximum Gasteiger partial charge on any atom is 0.313 e. The maximum atomic E-state index is 14.7. The van der Waals surface area contributed by atoms with Gasteiger partial charge in [-0.3, -0.25) is 4.79 Å². The van der Waals surface area contributed by atoms with E-state index in [2.05, 4.69) is 69.3 Å². The lowest BCUT2D eigenvalue weighted by Gasteiger charge is -2.43. The molecule has 232 valence electrons. The van der Waals surface area contributed by atoms with Crippen LogP contribution in [0.3, 0.4) is 0 Å². The molecule has 0 fully saturated rings. The van der Waals surface area contributed by atoms with E-state index in [1.165, 1.54) is 16.4 Å². The second-order valence-electron chi connectivity index (χ2n) is 11.7. The molecule has 0 saturated carbocycles. The molecule has 4 aromatic rings. The molecule has 0 bridgehead atoms. The van der Waals surface area contributed by atoms with Gasteiger partial charge in [0.25, 0.3) is 8.32 Å². The zero-order valence-corrected chi connectivity index (χ0v) is 27.1. The van der Waals surface area contributed by atoms with Crippen LogP contribution in [0.15, 0.2) is 109 Å². The molecule has 1 unspecified atom stereocenters. The van der Waals surface area contributed by atoms with Crippen LogP contribution < -0.4 is 10.4 Å². The van der Waals surface area contributed by atoms with Gasteiger partial charge in [-0.05, 0) is 39.5 Å². The van der Waals surface area contributed by atoms with Crippen LogP contribution in [-0.4, -0.2) is 53.9 Å². The van der Waals surface area contributed by atoms with E-state index in [9.17, 15) is 9.18 Å². The van der Waals surface area contributed by atoms with Crippen LogP contribution in [0.4, 0.5) is 4.39 Å². The molecule has 0 heterocycles. The van der Waals surface area contributed by atoms with Gasteiger partial charge < -0.3 is 18.6 Å². The van der Waals surface area contributed by atoms with E-state index in [1.54, 1.807) is 19.1 Å². The Morgan fingerprint density at radius 2 is 1.20 bits per heavy atom. The molecule has 4 aromatic carbocycles. The number of halogens is 1. The van der Waals surface area contributed by atoms with Gasteiger partial charge in [0.05, 0.1) is 39.0 Å². The summed E-state index contributed by atoms with van der Waals surface area (Å²) >= 11 is 0. The van der Waals surface area contributed by atoms with Gasteiger partial charge in [-0.15, -0.1) is 0 Å². The number of ether oxygens (including phenoxy) is 3. The lowest BCUT2D eigenvalue weighted by atomic mass is 9.97. The first kappa shape index (κ1) is 33.3. The van der Waals surface area contributed by atoms with Crippen molar-refractivity contribution in [2.24, 2.45) is 0 Å².